The van der Waals surface area contributed by atoms with Gasteiger partial charge in [0.05, 0.1) is 18.7 Å². The fraction of sp³-hybridized carbons (Fsp3) is 0.625. The van der Waals surface area contributed by atoms with Gasteiger partial charge in [0.25, 0.3) is 0 Å². The molecule has 0 aromatic carbocycles. The SMILES string of the molecule is C=CCN1CC2(CCN(Cc3nccn3C)CC2)OCC1=O. The van der Waals surface area contributed by atoms with Crippen molar-refractivity contribution in [1.29, 1.82) is 0 Å². The molecule has 2 saturated heterocycles. The maximum atomic E-state index is 11.9. The van der Waals surface area contributed by atoms with Gasteiger partial charge in [0.2, 0.25) is 5.91 Å². The molecule has 1 amide bonds. The summed E-state index contributed by atoms with van der Waals surface area (Å²) in [5.74, 6) is 1.16. The van der Waals surface area contributed by atoms with E-state index in [2.05, 4.69) is 21.0 Å². The van der Waals surface area contributed by atoms with Gasteiger partial charge in [-0.15, -0.1) is 6.58 Å². The van der Waals surface area contributed by atoms with Crippen LogP contribution in [0.15, 0.2) is 25.0 Å². The number of morpholine rings is 1. The molecule has 6 nitrogen and oxygen atoms in total. The number of aryl methyl sites for hydroxylation is 1. The largest absolute Gasteiger partial charge is 0.363 e. The fourth-order valence-corrected chi connectivity index (χ4v) is 3.28. The molecule has 0 unspecified atom stereocenters. The lowest BCUT2D eigenvalue weighted by Gasteiger charge is -2.46. The van der Waals surface area contributed by atoms with Crippen molar-refractivity contribution >= 4 is 5.91 Å². The number of piperidine rings is 1. The van der Waals surface area contributed by atoms with Gasteiger partial charge in [0.15, 0.2) is 0 Å². The van der Waals surface area contributed by atoms with Crippen LogP contribution < -0.4 is 0 Å². The Balaban J connectivity index is 1.57. The van der Waals surface area contributed by atoms with E-state index in [1.165, 1.54) is 0 Å². The average molecular weight is 304 g/mol. The van der Waals surface area contributed by atoms with Crippen molar-refractivity contribution in [2.24, 2.45) is 7.05 Å². The zero-order chi connectivity index (χ0) is 15.6. The van der Waals surface area contributed by atoms with Gasteiger partial charge in [-0.25, -0.2) is 4.98 Å². The standard InChI is InChI=1S/C16H24N4O2/c1-3-7-20-13-16(22-12-15(20)21)4-8-19(9-5-16)11-14-17-6-10-18(14)2/h3,6,10H,1,4-5,7-9,11-13H2,2H3. The zero-order valence-corrected chi connectivity index (χ0v) is 13.2. The summed E-state index contributed by atoms with van der Waals surface area (Å²) >= 11 is 0. The molecule has 0 bridgehead atoms. The molecule has 1 spiro atoms. The summed E-state index contributed by atoms with van der Waals surface area (Å²) in [5.41, 5.74) is -0.172. The lowest BCUT2D eigenvalue weighted by Crippen LogP contribution is -2.58. The number of rotatable bonds is 4. The van der Waals surface area contributed by atoms with E-state index in [0.29, 0.717) is 13.1 Å². The Hall–Kier alpha value is -1.66. The third-order valence-corrected chi connectivity index (χ3v) is 4.74. The number of ether oxygens (including phenoxy) is 1. The topological polar surface area (TPSA) is 50.6 Å². The molecule has 120 valence electrons. The summed E-state index contributed by atoms with van der Waals surface area (Å²) in [6.07, 6.45) is 7.51. The number of hydrogen-bond donors (Lipinski definition) is 0. The van der Waals surface area contributed by atoms with E-state index >= 15 is 0 Å². The number of likely N-dealkylation sites (tertiary alicyclic amines) is 1. The molecule has 2 aliphatic heterocycles. The van der Waals surface area contributed by atoms with Crippen molar-refractivity contribution in [2.45, 2.75) is 25.0 Å². The van der Waals surface area contributed by atoms with Crippen LogP contribution in [-0.2, 0) is 23.1 Å². The summed E-state index contributed by atoms with van der Waals surface area (Å²) in [6.45, 7) is 8.06. The predicted octanol–water partition coefficient (Wildman–Crippen LogP) is 0.800. The van der Waals surface area contributed by atoms with Gasteiger partial charge >= 0.3 is 0 Å². The van der Waals surface area contributed by atoms with E-state index in [-0.39, 0.29) is 18.1 Å². The molecule has 0 radical (unpaired) electrons. The summed E-state index contributed by atoms with van der Waals surface area (Å²) in [4.78, 5) is 20.5. The van der Waals surface area contributed by atoms with Crippen molar-refractivity contribution in [1.82, 2.24) is 19.4 Å². The minimum Gasteiger partial charge on any atom is -0.363 e. The molecule has 1 aromatic rings. The number of imidazole rings is 1. The summed E-state index contributed by atoms with van der Waals surface area (Å²) in [7, 11) is 2.02. The van der Waals surface area contributed by atoms with E-state index < -0.39 is 0 Å². The van der Waals surface area contributed by atoms with E-state index in [4.69, 9.17) is 4.74 Å². The van der Waals surface area contributed by atoms with Crippen LogP contribution in [0.3, 0.4) is 0 Å². The summed E-state index contributed by atoms with van der Waals surface area (Å²) < 4.78 is 7.99. The highest BCUT2D eigenvalue weighted by molar-refractivity contribution is 5.78. The third-order valence-electron chi connectivity index (χ3n) is 4.74. The Morgan fingerprint density at radius 3 is 2.86 bits per heavy atom. The molecule has 2 fully saturated rings. The van der Waals surface area contributed by atoms with Crippen LogP contribution in [0.2, 0.25) is 0 Å². The fourth-order valence-electron chi connectivity index (χ4n) is 3.28. The van der Waals surface area contributed by atoms with Crippen LogP contribution >= 0.6 is 0 Å². The van der Waals surface area contributed by atoms with Crippen LogP contribution in [0.25, 0.3) is 0 Å². The highest BCUT2D eigenvalue weighted by Crippen LogP contribution is 2.30. The number of hydrogen-bond acceptors (Lipinski definition) is 4. The third kappa shape index (κ3) is 3.08. The summed E-state index contributed by atoms with van der Waals surface area (Å²) in [5, 5.41) is 0. The Bertz CT molecular complexity index is 546. The molecule has 3 rings (SSSR count). The van der Waals surface area contributed by atoms with Gasteiger partial charge < -0.3 is 14.2 Å². The van der Waals surface area contributed by atoms with Gasteiger partial charge in [-0.2, -0.15) is 0 Å². The minimum absolute atomic E-state index is 0.0703. The van der Waals surface area contributed by atoms with Crippen molar-refractivity contribution in [3.8, 4) is 0 Å². The first-order valence-electron chi connectivity index (χ1n) is 7.83. The van der Waals surface area contributed by atoms with Gasteiger partial charge in [0.1, 0.15) is 12.4 Å². The zero-order valence-electron chi connectivity index (χ0n) is 13.2. The van der Waals surface area contributed by atoms with Gasteiger partial charge in [0, 0.05) is 39.1 Å². The second-order valence-corrected chi connectivity index (χ2v) is 6.27. The minimum atomic E-state index is -0.172. The Kier molecular flexibility index (Phi) is 4.31. The molecule has 22 heavy (non-hydrogen) atoms. The van der Waals surface area contributed by atoms with Crippen LogP contribution in [0.1, 0.15) is 18.7 Å². The number of nitrogens with zero attached hydrogens (tertiary/aromatic N) is 4. The first-order valence-corrected chi connectivity index (χ1v) is 7.83. The number of carbonyl (C=O) groups excluding carboxylic acids is 1. The van der Waals surface area contributed by atoms with Crippen LogP contribution in [0, 0.1) is 0 Å². The van der Waals surface area contributed by atoms with Gasteiger partial charge in [-0.3, -0.25) is 9.69 Å². The van der Waals surface area contributed by atoms with E-state index in [9.17, 15) is 4.79 Å². The molecule has 0 atom stereocenters. The molecule has 6 heteroatoms. The molecular formula is C16H24N4O2. The Morgan fingerprint density at radius 1 is 1.45 bits per heavy atom. The quantitative estimate of drug-likeness (QED) is 0.772. The normalized spacial score (nSPS) is 22.2. The highest BCUT2D eigenvalue weighted by atomic mass is 16.5. The summed E-state index contributed by atoms with van der Waals surface area (Å²) in [6, 6.07) is 0. The van der Waals surface area contributed by atoms with Gasteiger partial charge in [-0.1, -0.05) is 6.08 Å². The first kappa shape index (κ1) is 15.2. The van der Waals surface area contributed by atoms with Crippen molar-refractivity contribution < 1.29 is 9.53 Å². The molecule has 3 heterocycles. The van der Waals surface area contributed by atoms with Crippen molar-refractivity contribution in [3.05, 3.63) is 30.9 Å². The molecule has 1 aromatic heterocycles. The number of aromatic nitrogens is 2. The molecule has 0 saturated carbocycles. The molecule has 0 N–H and O–H groups in total. The lowest BCUT2D eigenvalue weighted by molar-refractivity contribution is -0.170. The van der Waals surface area contributed by atoms with Crippen molar-refractivity contribution in [3.63, 3.8) is 0 Å². The Labute approximate surface area is 131 Å². The molecular weight excluding hydrogens is 280 g/mol. The van der Waals surface area contributed by atoms with Crippen LogP contribution in [-0.4, -0.2) is 63.6 Å². The maximum absolute atomic E-state index is 11.9. The number of amides is 1. The van der Waals surface area contributed by atoms with E-state index in [0.717, 1.165) is 38.3 Å². The molecule has 2 aliphatic rings. The Morgan fingerprint density at radius 2 is 2.23 bits per heavy atom. The second-order valence-electron chi connectivity index (χ2n) is 6.27. The predicted molar refractivity (Wildman–Crippen MR) is 83.2 cm³/mol. The maximum Gasteiger partial charge on any atom is 0.248 e. The smallest absolute Gasteiger partial charge is 0.248 e. The highest BCUT2D eigenvalue weighted by Gasteiger charge is 2.41. The van der Waals surface area contributed by atoms with Crippen LogP contribution in [0.4, 0.5) is 0 Å². The van der Waals surface area contributed by atoms with E-state index in [1.807, 2.05) is 24.3 Å². The first-order chi connectivity index (χ1) is 10.6. The monoisotopic (exact) mass is 304 g/mol. The van der Waals surface area contributed by atoms with E-state index in [1.54, 1.807) is 6.08 Å². The molecule has 0 aliphatic carbocycles. The second kappa shape index (κ2) is 6.22. The average Bonchev–Trinajstić information content (AvgIpc) is 2.91. The van der Waals surface area contributed by atoms with Crippen molar-refractivity contribution in [2.75, 3.05) is 32.8 Å². The number of carbonyl (C=O) groups is 1. The van der Waals surface area contributed by atoms with Crippen LogP contribution in [0.5, 0.6) is 0 Å². The van der Waals surface area contributed by atoms with Gasteiger partial charge in [-0.05, 0) is 12.8 Å². The lowest BCUT2D eigenvalue weighted by atomic mass is 9.89.